The first-order valence-electron chi connectivity index (χ1n) is 13.1. The first kappa shape index (κ1) is 29.4. The lowest BCUT2D eigenvalue weighted by molar-refractivity contribution is -0.134. The van der Waals surface area contributed by atoms with E-state index in [1.54, 1.807) is 36.0 Å². The molecule has 1 aliphatic rings. The van der Waals surface area contributed by atoms with Crippen molar-refractivity contribution in [3.05, 3.63) is 66.5 Å². The second-order valence-corrected chi connectivity index (χ2v) is 9.72. The Labute approximate surface area is 235 Å². The normalized spacial score (nSPS) is 14.7. The number of halogens is 2. The summed E-state index contributed by atoms with van der Waals surface area (Å²) in [6.07, 6.45) is 7.09. The van der Waals surface area contributed by atoms with Gasteiger partial charge in [0.1, 0.15) is 11.9 Å². The van der Waals surface area contributed by atoms with Crippen LogP contribution in [0.3, 0.4) is 0 Å². The van der Waals surface area contributed by atoms with Crippen molar-refractivity contribution in [2.24, 2.45) is 4.99 Å². The van der Waals surface area contributed by atoms with Gasteiger partial charge in [-0.3, -0.25) is 24.2 Å². The van der Waals surface area contributed by atoms with E-state index >= 15 is 0 Å². The van der Waals surface area contributed by atoms with Gasteiger partial charge in [-0.25, -0.2) is 8.78 Å². The number of rotatable bonds is 14. The van der Waals surface area contributed by atoms with E-state index in [9.17, 15) is 18.4 Å². The molecule has 4 rings (SSSR count). The van der Waals surface area contributed by atoms with Gasteiger partial charge in [0.15, 0.2) is 11.5 Å². The summed E-state index contributed by atoms with van der Waals surface area (Å²) >= 11 is 0. The number of amides is 2. The predicted octanol–water partition coefficient (Wildman–Crippen LogP) is 3.18. The number of carbonyl (C=O) groups is 2. The molecule has 1 aliphatic carbocycles. The molecule has 0 aliphatic heterocycles. The van der Waals surface area contributed by atoms with Crippen molar-refractivity contribution in [1.29, 1.82) is 0 Å². The van der Waals surface area contributed by atoms with Crippen LogP contribution in [0.15, 0.2) is 54.6 Å². The first-order valence-corrected chi connectivity index (χ1v) is 13.1. The number of hydrogen-bond donors (Lipinski definition) is 2. The van der Waals surface area contributed by atoms with Gasteiger partial charge in [0.25, 0.3) is 11.8 Å². The molecule has 1 saturated carbocycles. The van der Waals surface area contributed by atoms with E-state index in [4.69, 9.17) is 4.74 Å². The molecule has 0 saturated heterocycles. The van der Waals surface area contributed by atoms with E-state index < -0.39 is 12.0 Å². The molecule has 41 heavy (non-hydrogen) atoms. The molecular weight excluding hydrogens is 536 g/mol. The van der Waals surface area contributed by atoms with Crippen molar-refractivity contribution in [3.8, 4) is 5.75 Å². The Bertz CT molecular complexity index is 1380. The average molecular weight is 568 g/mol. The van der Waals surface area contributed by atoms with Crippen molar-refractivity contribution in [3.63, 3.8) is 0 Å². The summed E-state index contributed by atoms with van der Waals surface area (Å²) < 4.78 is 33.2. The Morgan fingerprint density at radius 1 is 1.22 bits per heavy atom. The molecule has 12 nitrogen and oxygen atoms in total. The fourth-order valence-corrected chi connectivity index (χ4v) is 4.03. The average Bonchev–Trinajstić information content (AvgIpc) is 3.39. The topological polar surface area (TPSA) is 149 Å². The number of unbranched alkanes of at least 4 members (excludes halogenated alkanes) is 1. The minimum absolute atomic E-state index is 0.0172. The summed E-state index contributed by atoms with van der Waals surface area (Å²) in [6, 6.07) is 5.09. The van der Waals surface area contributed by atoms with E-state index in [0.717, 1.165) is 24.2 Å². The molecule has 216 valence electrons. The number of aliphatic imine (C=N–C) groups is 1. The number of alkyl halides is 2. The number of aromatic nitrogens is 6. The minimum atomic E-state index is -2.67. The van der Waals surface area contributed by atoms with Gasteiger partial charge in [0, 0.05) is 37.5 Å². The number of nitrogens with one attached hydrogen (secondary N) is 2. The fraction of sp³-hybridized carbons (Fsp3) is 0.407. The van der Waals surface area contributed by atoms with Gasteiger partial charge < -0.3 is 15.4 Å². The lowest BCUT2D eigenvalue weighted by atomic mass is 9.91. The van der Waals surface area contributed by atoms with Crippen LogP contribution in [0.4, 0.5) is 14.6 Å². The molecule has 3 aromatic heterocycles. The van der Waals surface area contributed by atoms with Crippen molar-refractivity contribution >= 4 is 23.3 Å². The maximum Gasteiger partial charge on any atom is 0.273 e. The van der Waals surface area contributed by atoms with Gasteiger partial charge in [0.05, 0.1) is 31.1 Å². The third kappa shape index (κ3) is 9.22. The second-order valence-electron chi connectivity index (χ2n) is 9.72. The lowest BCUT2D eigenvalue weighted by Crippen LogP contribution is -2.43. The zero-order valence-corrected chi connectivity index (χ0v) is 22.6. The molecule has 2 N–H and O–H groups in total. The Kier molecular flexibility index (Phi) is 9.77. The van der Waals surface area contributed by atoms with Crippen LogP contribution in [0.1, 0.15) is 54.4 Å². The van der Waals surface area contributed by atoms with Crippen LogP contribution < -0.4 is 15.4 Å². The van der Waals surface area contributed by atoms with Crippen molar-refractivity contribution in [2.75, 3.05) is 11.9 Å². The number of aryl methyl sites for hydroxylation is 2. The van der Waals surface area contributed by atoms with Crippen molar-refractivity contribution in [1.82, 2.24) is 35.5 Å². The van der Waals surface area contributed by atoms with Crippen LogP contribution in [0.5, 0.6) is 5.75 Å². The molecule has 3 heterocycles. The number of carbonyl (C=O) groups excluding carboxylic acids is 2. The fourth-order valence-electron chi connectivity index (χ4n) is 4.03. The summed E-state index contributed by atoms with van der Waals surface area (Å²) in [7, 11) is 0. The molecule has 0 unspecified atom stereocenters. The minimum Gasteiger partial charge on any atom is -0.488 e. The van der Waals surface area contributed by atoms with Gasteiger partial charge >= 0.3 is 0 Å². The smallest absolute Gasteiger partial charge is 0.273 e. The zero-order chi connectivity index (χ0) is 29.2. The second kappa shape index (κ2) is 13.6. The van der Waals surface area contributed by atoms with Crippen LogP contribution >= 0.6 is 0 Å². The van der Waals surface area contributed by atoms with E-state index in [2.05, 4.69) is 47.7 Å². The van der Waals surface area contributed by atoms with Crippen LogP contribution in [0.25, 0.3) is 0 Å². The molecule has 0 radical (unpaired) electrons. The molecular formula is C27H31F2N9O3. The van der Waals surface area contributed by atoms with E-state index in [1.807, 2.05) is 0 Å². The summed E-state index contributed by atoms with van der Waals surface area (Å²) in [5, 5.41) is 21.6. The Balaban J connectivity index is 1.15. The van der Waals surface area contributed by atoms with Crippen LogP contribution in [-0.4, -0.2) is 66.3 Å². The third-order valence-corrected chi connectivity index (χ3v) is 6.13. The molecule has 3 aromatic rings. The van der Waals surface area contributed by atoms with Gasteiger partial charge in [-0.15, -0.1) is 10.2 Å². The molecule has 1 fully saturated rings. The highest BCUT2D eigenvalue weighted by atomic mass is 19.3. The summed E-state index contributed by atoms with van der Waals surface area (Å²) in [4.78, 5) is 32.6. The summed E-state index contributed by atoms with van der Waals surface area (Å²) in [5.74, 6) is -2.64. The molecule has 0 bridgehead atoms. The van der Waals surface area contributed by atoms with E-state index in [-0.39, 0.29) is 36.8 Å². The molecule has 0 atom stereocenters. The predicted molar refractivity (Wildman–Crippen MR) is 146 cm³/mol. The SMILES string of the molecule is C=CN=C(C)CNC(=O)c1cn(CCCCc2ccc(NC(=O)Cc3cncc(OC4CC(F)(F)C4)c3)nn2)nn1. The van der Waals surface area contributed by atoms with Gasteiger partial charge in [-0.2, -0.15) is 5.10 Å². The maximum absolute atomic E-state index is 13.0. The van der Waals surface area contributed by atoms with Gasteiger partial charge in [-0.05, 0) is 49.9 Å². The van der Waals surface area contributed by atoms with Gasteiger partial charge in [-0.1, -0.05) is 11.8 Å². The molecule has 14 heteroatoms. The molecule has 2 amide bonds. The van der Waals surface area contributed by atoms with E-state index in [1.165, 1.54) is 18.6 Å². The van der Waals surface area contributed by atoms with Crippen molar-refractivity contribution < 1.29 is 23.1 Å². The Morgan fingerprint density at radius 3 is 2.78 bits per heavy atom. The van der Waals surface area contributed by atoms with E-state index in [0.29, 0.717) is 36.6 Å². The van der Waals surface area contributed by atoms with Crippen molar-refractivity contribution in [2.45, 2.75) is 64.0 Å². The standard InChI is InChI=1S/C27H31F2N9O3/c1-3-31-18(2)14-32-26(40)23-17-38(37-35-23)9-5-4-6-20-7-8-24(36-34-20)33-25(39)11-19-10-21(16-30-15-19)41-22-12-27(28,29)13-22/h3,7-8,10,15-17,22H,1,4-6,9,11-14H2,2H3,(H,32,40)(H,33,36,39). The number of pyridine rings is 1. The number of anilines is 1. The largest absolute Gasteiger partial charge is 0.488 e. The highest BCUT2D eigenvalue weighted by Gasteiger charge is 2.47. The van der Waals surface area contributed by atoms with Crippen LogP contribution in [0, 0.1) is 0 Å². The Morgan fingerprint density at radius 2 is 2.05 bits per heavy atom. The maximum atomic E-state index is 13.0. The number of ether oxygens (including phenoxy) is 1. The van der Waals surface area contributed by atoms with Crippen LogP contribution in [0.2, 0.25) is 0 Å². The summed E-state index contributed by atoms with van der Waals surface area (Å²) in [6.45, 7) is 6.20. The highest BCUT2D eigenvalue weighted by molar-refractivity contribution is 5.95. The van der Waals surface area contributed by atoms with Gasteiger partial charge in [0.2, 0.25) is 5.91 Å². The monoisotopic (exact) mass is 567 g/mol. The number of hydrogen-bond acceptors (Lipinski definition) is 9. The van der Waals surface area contributed by atoms with Crippen LogP contribution in [-0.2, 0) is 24.2 Å². The zero-order valence-electron chi connectivity index (χ0n) is 22.6. The molecule has 0 aromatic carbocycles. The lowest BCUT2D eigenvalue weighted by Gasteiger charge is -2.34. The summed E-state index contributed by atoms with van der Waals surface area (Å²) in [5.41, 5.74) is 2.32. The first-order chi connectivity index (χ1) is 19.7. The quantitative estimate of drug-likeness (QED) is 0.223. The third-order valence-electron chi connectivity index (χ3n) is 6.13. The Hall–Kier alpha value is -4.62. The highest BCUT2D eigenvalue weighted by Crippen LogP contribution is 2.39. The number of nitrogens with zero attached hydrogens (tertiary/aromatic N) is 7. The molecule has 0 spiro atoms.